The predicted octanol–water partition coefficient (Wildman–Crippen LogP) is 1.48. The molecule has 0 aliphatic carbocycles. The number of benzene rings is 1. The van der Waals surface area contributed by atoms with Crippen LogP contribution in [0.5, 0.6) is 0 Å². The van der Waals surface area contributed by atoms with Gasteiger partial charge in [0.25, 0.3) is 5.91 Å². The highest BCUT2D eigenvalue weighted by Crippen LogP contribution is 2.23. The molecule has 2 N–H and O–H groups in total. The van der Waals surface area contributed by atoms with Crippen molar-refractivity contribution in [3.8, 4) is 0 Å². The smallest absolute Gasteiger partial charge is 0.256 e. The van der Waals surface area contributed by atoms with E-state index in [0.717, 1.165) is 12.8 Å². The zero-order chi connectivity index (χ0) is 15.8. The third-order valence-electron chi connectivity index (χ3n) is 3.49. The Labute approximate surface area is 121 Å². The quantitative estimate of drug-likeness (QED) is 0.897. The second-order valence-electron chi connectivity index (χ2n) is 5.31. The summed E-state index contributed by atoms with van der Waals surface area (Å²) in [6, 6.07) is 1.17. The number of nitrogens with two attached hydrogens (primary N) is 1. The van der Waals surface area contributed by atoms with Gasteiger partial charge in [-0.3, -0.25) is 4.79 Å². The molecular formula is C13H16F2N2O3S. The van der Waals surface area contributed by atoms with Crippen LogP contribution in [0.2, 0.25) is 0 Å². The molecule has 1 amide bonds. The predicted molar refractivity (Wildman–Crippen MR) is 72.0 cm³/mol. The van der Waals surface area contributed by atoms with Crippen molar-refractivity contribution in [2.24, 2.45) is 11.1 Å². The first-order chi connectivity index (χ1) is 9.70. The molecule has 0 aromatic heterocycles. The molecule has 0 saturated carbocycles. The molecule has 0 bridgehead atoms. The number of sulfonamides is 1. The Kier molecular flexibility index (Phi) is 4.29. The van der Waals surface area contributed by atoms with E-state index in [4.69, 9.17) is 5.14 Å². The van der Waals surface area contributed by atoms with Gasteiger partial charge in [-0.05, 0) is 30.9 Å². The van der Waals surface area contributed by atoms with Gasteiger partial charge < -0.3 is 4.90 Å². The summed E-state index contributed by atoms with van der Waals surface area (Å²) in [4.78, 5) is 12.7. The number of halogens is 2. The molecule has 1 atom stereocenters. The number of nitrogens with zero attached hydrogens (tertiary/aromatic N) is 1. The van der Waals surface area contributed by atoms with Crippen molar-refractivity contribution < 1.29 is 22.0 Å². The summed E-state index contributed by atoms with van der Waals surface area (Å²) < 4.78 is 50.2. The minimum absolute atomic E-state index is 0.261. The molecule has 1 aliphatic rings. The summed E-state index contributed by atoms with van der Waals surface area (Å²) in [5.74, 6) is -2.78. The molecule has 0 radical (unpaired) electrons. The normalized spacial score (nSPS) is 19.6. The van der Waals surface area contributed by atoms with Crippen LogP contribution in [0.25, 0.3) is 0 Å². The van der Waals surface area contributed by atoms with E-state index in [9.17, 15) is 22.0 Å². The Morgan fingerprint density at radius 1 is 1.38 bits per heavy atom. The summed E-state index contributed by atoms with van der Waals surface area (Å²) in [7, 11) is -4.44. The molecule has 116 valence electrons. The summed E-state index contributed by atoms with van der Waals surface area (Å²) in [6.45, 7) is 2.82. The van der Waals surface area contributed by atoms with Gasteiger partial charge in [0.2, 0.25) is 10.0 Å². The van der Waals surface area contributed by atoms with Crippen LogP contribution in [0.1, 0.15) is 30.1 Å². The lowest BCUT2D eigenvalue weighted by Crippen LogP contribution is -2.39. The molecule has 5 nitrogen and oxygen atoms in total. The standard InChI is InChI=1S/C13H16F2N2O3S/c1-8-3-2-4-17(7-8)13(18)10-5-9(14)6-11(12(10)15)21(16,19)20/h5-6,8H,2-4,7H2,1H3,(H2,16,19,20). The summed E-state index contributed by atoms with van der Waals surface area (Å²) in [5.41, 5.74) is -0.604. The first kappa shape index (κ1) is 15.8. The highest BCUT2D eigenvalue weighted by molar-refractivity contribution is 7.89. The lowest BCUT2D eigenvalue weighted by molar-refractivity contribution is 0.0677. The minimum atomic E-state index is -4.44. The fourth-order valence-corrected chi connectivity index (χ4v) is 3.11. The van der Waals surface area contributed by atoms with Gasteiger partial charge in [-0.15, -0.1) is 0 Å². The van der Waals surface area contributed by atoms with Gasteiger partial charge in [0, 0.05) is 13.1 Å². The van der Waals surface area contributed by atoms with Crippen LogP contribution in [0.3, 0.4) is 0 Å². The lowest BCUT2D eigenvalue weighted by atomic mass is 9.99. The molecule has 1 saturated heterocycles. The van der Waals surface area contributed by atoms with Crippen molar-refractivity contribution in [3.63, 3.8) is 0 Å². The Bertz CT molecular complexity index is 676. The highest BCUT2D eigenvalue weighted by atomic mass is 32.2. The molecule has 2 rings (SSSR count). The SMILES string of the molecule is CC1CCCN(C(=O)c2cc(F)cc(S(N)(=O)=O)c2F)C1. The van der Waals surface area contributed by atoms with E-state index < -0.39 is 38.0 Å². The van der Waals surface area contributed by atoms with Crippen LogP contribution >= 0.6 is 0 Å². The van der Waals surface area contributed by atoms with Gasteiger partial charge >= 0.3 is 0 Å². The van der Waals surface area contributed by atoms with Crippen LogP contribution in [-0.2, 0) is 10.0 Å². The molecule has 1 aromatic carbocycles. The van der Waals surface area contributed by atoms with E-state index in [1.165, 1.54) is 4.90 Å². The fraction of sp³-hybridized carbons (Fsp3) is 0.462. The Morgan fingerprint density at radius 2 is 2.05 bits per heavy atom. The number of hydrogen-bond donors (Lipinski definition) is 1. The number of likely N-dealkylation sites (tertiary alicyclic amines) is 1. The third kappa shape index (κ3) is 3.38. The molecule has 1 aliphatic heterocycles. The third-order valence-corrected chi connectivity index (χ3v) is 4.40. The van der Waals surface area contributed by atoms with Crippen molar-refractivity contribution in [3.05, 3.63) is 29.3 Å². The molecule has 1 heterocycles. The monoisotopic (exact) mass is 318 g/mol. The van der Waals surface area contributed by atoms with E-state index >= 15 is 0 Å². The van der Waals surface area contributed by atoms with Gasteiger partial charge in [-0.1, -0.05) is 6.92 Å². The number of hydrogen-bond acceptors (Lipinski definition) is 3. The fourth-order valence-electron chi connectivity index (χ4n) is 2.47. The second kappa shape index (κ2) is 5.69. The topological polar surface area (TPSA) is 80.5 Å². The summed E-state index contributed by atoms with van der Waals surface area (Å²) in [6.07, 6.45) is 1.73. The maximum atomic E-state index is 14.2. The van der Waals surface area contributed by atoms with E-state index in [1.807, 2.05) is 6.92 Å². The number of carbonyl (C=O) groups is 1. The first-order valence-electron chi connectivity index (χ1n) is 6.51. The van der Waals surface area contributed by atoms with Crippen LogP contribution in [-0.4, -0.2) is 32.3 Å². The Hall–Kier alpha value is -1.54. The lowest BCUT2D eigenvalue weighted by Gasteiger charge is -2.31. The van der Waals surface area contributed by atoms with Crippen LogP contribution < -0.4 is 5.14 Å². The van der Waals surface area contributed by atoms with Gasteiger partial charge in [0.15, 0.2) is 5.82 Å². The largest absolute Gasteiger partial charge is 0.338 e. The molecule has 1 aromatic rings. The maximum absolute atomic E-state index is 14.2. The minimum Gasteiger partial charge on any atom is -0.338 e. The molecule has 1 fully saturated rings. The first-order valence-corrected chi connectivity index (χ1v) is 8.06. The number of primary sulfonamides is 1. The molecule has 1 unspecified atom stereocenters. The number of amides is 1. The van der Waals surface area contributed by atoms with Crippen molar-refractivity contribution in [2.75, 3.05) is 13.1 Å². The number of rotatable bonds is 2. The molecule has 21 heavy (non-hydrogen) atoms. The number of piperidine rings is 1. The van der Waals surface area contributed by atoms with Crippen molar-refractivity contribution >= 4 is 15.9 Å². The second-order valence-corrected chi connectivity index (χ2v) is 6.84. The molecule has 0 spiro atoms. The van der Waals surface area contributed by atoms with E-state index in [2.05, 4.69) is 0 Å². The van der Waals surface area contributed by atoms with Crippen LogP contribution in [0.15, 0.2) is 17.0 Å². The van der Waals surface area contributed by atoms with Gasteiger partial charge in [0.1, 0.15) is 10.7 Å². The average molecular weight is 318 g/mol. The zero-order valence-corrected chi connectivity index (χ0v) is 12.3. The van der Waals surface area contributed by atoms with Crippen LogP contribution in [0.4, 0.5) is 8.78 Å². The summed E-state index contributed by atoms with van der Waals surface area (Å²) in [5, 5.41) is 4.84. The summed E-state index contributed by atoms with van der Waals surface area (Å²) >= 11 is 0. The van der Waals surface area contributed by atoms with Crippen molar-refractivity contribution in [2.45, 2.75) is 24.7 Å². The van der Waals surface area contributed by atoms with E-state index in [0.29, 0.717) is 25.2 Å². The van der Waals surface area contributed by atoms with E-state index in [-0.39, 0.29) is 5.92 Å². The van der Waals surface area contributed by atoms with Gasteiger partial charge in [0.05, 0.1) is 5.56 Å². The Balaban J connectivity index is 2.44. The van der Waals surface area contributed by atoms with Crippen molar-refractivity contribution in [1.29, 1.82) is 0 Å². The average Bonchev–Trinajstić information content (AvgIpc) is 2.39. The van der Waals surface area contributed by atoms with Gasteiger partial charge in [-0.2, -0.15) is 0 Å². The van der Waals surface area contributed by atoms with Crippen molar-refractivity contribution in [1.82, 2.24) is 4.90 Å². The molecular weight excluding hydrogens is 302 g/mol. The zero-order valence-electron chi connectivity index (χ0n) is 11.5. The van der Waals surface area contributed by atoms with Gasteiger partial charge in [-0.25, -0.2) is 22.3 Å². The number of carbonyl (C=O) groups excluding carboxylic acids is 1. The van der Waals surface area contributed by atoms with Crippen LogP contribution in [0, 0.1) is 17.6 Å². The Morgan fingerprint density at radius 3 is 2.62 bits per heavy atom. The highest BCUT2D eigenvalue weighted by Gasteiger charge is 2.28. The molecule has 8 heteroatoms. The maximum Gasteiger partial charge on any atom is 0.256 e. The van der Waals surface area contributed by atoms with E-state index in [1.54, 1.807) is 0 Å².